The molecular formula is C16H31NO2. The fourth-order valence-corrected chi connectivity index (χ4v) is 3.67. The summed E-state index contributed by atoms with van der Waals surface area (Å²) in [6.07, 6.45) is 7.25. The highest BCUT2D eigenvalue weighted by molar-refractivity contribution is 4.90. The molecule has 112 valence electrons. The molecule has 0 amide bonds. The van der Waals surface area contributed by atoms with E-state index in [1.54, 1.807) is 0 Å². The van der Waals surface area contributed by atoms with Crippen molar-refractivity contribution in [1.29, 1.82) is 0 Å². The Balaban J connectivity index is 1.85. The maximum atomic E-state index is 10.2. The Kier molecular flexibility index (Phi) is 5.27. The van der Waals surface area contributed by atoms with E-state index < -0.39 is 0 Å². The van der Waals surface area contributed by atoms with Crippen LogP contribution >= 0.6 is 0 Å². The second kappa shape index (κ2) is 6.55. The Morgan fingerprint density at radius 3 is 2.53 bits per heavy atom. The standard InChI is InChI=1S/C16H31NO2/c1-16(2,3)19-12-11-17-10-5-4-8-14(17)13-7-6-9-15(13)18/h13-15,18H,4-12H2,1-3H3. The molecule has 19 heavy (non-hydrogen) atoms. The molecule has 2 aliphatic rings. The van der Waals surface area contributed by atoms with Crippen molar-refractivity contribution in [2.24, 2.45) is 5.92 Å². The van der Waals surface area contributed by atoms with Gasteiger partial charge in [-0.05, 0) is 53.0 Å². The maximum Gasteiger partial charge on any atom is 0.0600 e. The first-order valence-electron chi connectivity index (χ1n) is 8.03. The molecule has 0 radical (unpaired) electrons. The van der Waals surface area contributed by atoms with E-state index >= 15 is 0 Å². The van der Waals surface area contributed by atoms with E-state index in [0.29, 0.717) is 12.0 Å². The molecule has 2 rings (SSSR count). The highest BCUT2D eigenvalue weighted by atomic mass is 16.5. The molecule has 1 saturated carbocycles. The van der Waals surface area contributed by atoms with Crippen LogP contribution in [-0.4, -0.2) is 47.4 Å². The molecule has 3 atom stereocenters. The summed E-state index contributed by atoms with van der Waals surface area (Å²) in [7, 11) is 0. The molecule has 0 aromatic heterocycles. The van der Waals surface area contributed by atoms with Crippen molar-refractivity contribution < 1.29 is 9.84 Å². The molecule has 3 unspecified atom stereocenters. The van der Waals surface area contributed by atoms with E-state index in [1.165, 1.54) is 38.6 Å². The minimum atomic E-state index is -0.0610. The zero-order valence-corrected chi connectivity index (χ0v) is 12.9. The van der Waals surface area contributed by atoms with Crippen LogP contribution in [0, 0.1) is 5.92 Å². The Hall–Kier alpha value is -0.120. The average Bonchev–Trinajstić information content (AvgIpc) is 2.74. The molecular weight excluding hydrogens is 238 g/mol. The summed E-state index contributed by atoms with van der Waals surface area (Å²) in [6.45, 7) is 9.35. The minimum Gasteiger partial charge on any atom is -0.393 e. The lowest BCUT2D eigenvalue weighted by Gasteiger charge is -2.40. The number of piperidine rings is 1. The maximum absolute atomic E-state index is 10.2. The van der Waals surface area contributed by atoms with Crippen molar-refractivity contribution >= 4 is 0 Å². The van der Waals surface area contributed by atoms with Gasteiger partial charge in [0.05, 0.1) is 18.3 Å². The summed E-state index contributed by atoms with van der Waals surface area (Å²) in [5, 5.41) is 10.2. The van der Waals surface area contributed by atoms with Crippen molar-refractivity contribution in [3.8, 4) is 0 Å². The third kappa shape index (κ3) is 4.44. The molecule has 1 aliphatic carbocycles. The molecule has 0 spiro atoms. The van der Waals surface area contributed by atoms with Crippen LogP contribution in [-0.2, 0) is 4.74 Å². The number of hydrogen-bond donors (Lipinski definition) is 1. The van der Waals surface area contributed by atoms with Crippen molar-refractivity contribution in [1.82, 2.24) is 4.90 Å². The smallest absolute Gasteiger partial charge is 0.0600 e. The minimum absolute atomic E-state index is 0.0435. The highest BCUT2D eigenvalue weighted by Crippen LogP contribution is 2.35. The van der Waals surface area contributed by atoms with Gasteiger partial charge >= 0.3 is 0 Å². The van der Waals surface area contributed by atoms with Crippen LogP contribution in [0.25, 0.3) is 0 Å². The van der Waals surface area contributed by atoms with Crippen LogP contribution in [0.5, 0.6) is 0 Å². The van der Waals surface area contributed by atoms with Gasteiger partial charge in [-0.3, -0.25) is 4.90 Å². The molecule has 0 aromatic rings. The molecule has 1 N–H and O–H groups in total. The first-order valence-corrected chi connectivity index (χ1v) is 8.03. The predicted molar refractivity (Wildman–Crippen MR) is 78.3 cm³/mol. The summed E-state index contributed by atoms with van der Waals surface area (Å²) in [5.74, 6) is 0.509. The third-order valence-electron chi connectivity index (χ3n) is 4.60. The Labute approximate surface area is 118 Å². The molecule has 0 aromatic carbocycles. The van der Waals surface area contributed by atoms with Crippen LogP contribution in [0.2, 0.25) is 0 Å². The van der Waals surface area contributed by atoms with E-state index in [-0.39, 0.29) is 11.7 Å². The van der Waals surface area contributed by atoms with E-state index in [0.717, 1.165) is 19.6 Å². The lowest BCUT2D eigenvalue weighted by Crippen LogP contribution is -2.47. The first kappa shape index (κ1) is 15.3. The highest BCUT2D eigenvalue weighted by Gasteiger charge is 2.36. The van der Waals surface area contributed by atoms with Crippen LogP contribution in [0.3, 0.4) is 0 Å². The topological polar surface area (TPSA) is 32.7 Å². The number of nitrogens with zero attached hydrogens (tertiary/aromatic N) is 1. The SMILES string of the molecule is CC(C)(C)OCCN1CCCCC1C1CCCC1O. The second-order valence-corrected chi connectivity index (χ2v) is 7.22. The Bertz CT molecular complexity index is 274. The van der Waals surface area contributed by atoms with E-state index in [9.17, 15) is 5.11 Å². The van der Waals surface area contributed by atoms with Gasteiger partial charge in [-0.25, -0.2) is 0 Å². The second-order valence-electron chi connectivity index (χ2n) is 7.22. The van der Waals surface area contributed by atoms with Gasteiger partial charge in [0.15, 0.2) is 0 Å². The molecule has 0 bridgehead atoms. The van der Waals surface area contributed by atoms with Gasteiger partial charge in [-0.1, -0.05) is 12.8 Å². The molecule has 2 fully saturated rings. The molecule has 3 nitrogen and oxygen atoms in total. The molecule has 3 heteroatoms. The van der Waals surface area contributed by atoms with Crippen molar-refractivity contribution in [2.45, 2.75) is 77.0 Å². The summed E-state index contributed by atoms with van der Waals surface area (Å²) < 4.78 is 5.87. The van der Waals surface area contributed by atoms with Gasteiger partial charge in [0, 0.05) is 18.5 Å². The largest absolute Gasteiger partial charge is 0.393 e. The summed E-state index contributed by atoms with van der Waals surface area (Å²) >= 11 is 0. The molecule has 1 aliphatic heterocycles. The number of ether oxygens (including phenoxy) is 1. The van der Waals surface area contributed by atoms with Gasteiger partial charge in [-0.15, -0.1) is 0 Å². The van der Waals surface area contributed by atoms with Crippen molar-refractivity contribution in [2.75, 3.05) is 19.7 Å². The van der Waals surface area contributed by atoms with Gasteiger partial charge < -0.3 is 9.84 Å². The van der Waals surface area contributed by atoms with Gasteiger partial charge in [0.25, 0.3) is 0 Å². The van der Waals surface area contributed by atoms with Gasteiger partial charge in [0.1, 0.15) is 0 Å². The Morgan fingerprint density at radius 1 is 1.11 bits per heavy atom. The normalized spacial score (nSPS) is 33.8. The average molecular weight is 269 g/mol. The van der Waals surface area contributed by atoms with Crippen LogP contribution in [0.15, 0.2) is 0 Å². The van der Waals surface area contributed by atoms with E-state index in [2.05, 4.69) is 25.7 Å². The van der Waals surface area contributed by atoms with Crippen LogP contribution in [0.1, 0.15) is 59.3 Å². The number of likely N-dealkylation sites (tertiary alicyclic amines) is 1. The summed E-state index contributed by atoms with van der Waals surface area (Å²) in [6, 6.07) is 0.592. The monoisotopic (exact) mass is 269 g/mol. The number of rotatable bonds is 4. The zero-order chi connectivity index (χ0) is 13.9. The summed E-state index contributed by atoms with van der Waals surface area (Å²) in [4.78, 5) is 2.58. The number of aliphatic hydroxyl groups is 1. The molecule has 1 saturated heterocycles. The van der Waals surface area contributed by atoms with Crippen LogP contribution < -0.4 is 0 Å². The lowest BCUT2D eigenvalue weighted by molar-refractivity contribution is -0.0325. The third-order valence-corrected chi connectivity index (χ3v) is 4.60. The van der Waals surface area contributed by atoms with E-state index in [4.69, 9.17) is 4.74 Å². The van der Waals surface area contributed by atoms with Crippen molar-refractivity contribution in [3.05, 3.63) is 0 Å². The predicted octanol–water partition coefficient (Wildman–Crippen LogP) is 2.82. The number of aliphatic hydroxyl groups excluding tert-OH is 1. The van der Waals surface area contributed by atoms with E-state index in [1.807, 2.05) is 0 Å². The Morgan fingerprint density at radius 2 is 1.89 bits per heavy atom. The first-order chi connectivity index (χ1) is 8.97. The number of hydrogen-bond acceptors (Lipinski definition) is 3. The summed E-state index contributed by atoms with van der Waals surface area (Å²) in [5.41, 5.74) is -0.0435. The fraction of sp³-hybridized carbons (Fsp3) is 1.00. The van der Waals surface area contributed by atoms with Gasteiger partial charge in [0.2, 0.25) is 0 Å². The van der Waals surface area contributed by atoms with Gasteiger partial charge in [-0.2, -0.15) is 0 Å². The zero-order valence-electron chi connectivity index (χ0n) is 12.9. The fourth-order valence-electron chi connectivity index (χ4n) is 3.67. The lowest BCUT2D eigenvalue weighted by atomic mass is 9.88. The van der Waals surface area contributed by atoms with Crippen molar-refractivity contribution in [3.63, 3.8) is 0 Å². The van der Waals surface area contributed by atoms with Crippen LogP contribution in [0.4, 0.5) is 0 Å². The molecule has 1 heterocycles. The quantitative estimate of drug-likeness (QED) is 0.852.